The van der Waals surface area contributed by atoms with Crippen LogP contribution in [0.1, 0.15) is 34.5 Å². The second-order valence-electron chi connectivity index (χ2n) is 4.07. The Kier molecular flexibility index (Phi) is 1.48. The molecule has 0 aliphatic carbocycles. The van der Waals surface area contributed by atoms with Crippen LogP contribution in [0.25, 0.3) is 11.3 Å². The van der Waals surface area contributed by atoms with Crippen LogP contribution in [0.5, 0.6) is 0 Å². The van der Waals surface area contributed by atoms with Crippen LogP contribution in [-0.2, 0) is 13.4 Å². The first-order chi connectivity index (χ1) is 11.2. The standard InChI is InChI=1S/C16H20N/c1-5-14-7-9-16(17(4)11-14)15-8-6-12(2)10-13(15)3/h6-11H,5H2,1-4H3/q+1/i1D3,2D3,5D2. The van der Waals surface area contributed by atoms with Gasteiger partial charge in [0.2, 0.25) is 5.69 Å². The minimum Gasteiger partial charge on any atom is -0.201 e. The summed E-state index contributed by atoms with van der Waals surface area (Å²) in [6, 6.07) is 7.97. The lowest BCUT2D eigenvalue weighted by atomic mass is 10.0. The normalized spacial score (nSPS) is 19.9. The largest absolute Gasteiger partial charge is 0.212 e. The second kappa shape index (κ2) is 4.70. The molecule has 88 valence electrons. The molecular formula is C16H20N+. The molecule has 17 heavy (non-hydrogen) atoms. The lowest BCUT2D eigenvalue weighted by molar-refractivity contribution is -0.660. The third kappa shape index (κ3) is 2.38. The van der Waals surface area contributed by atoms with E-state index in [1.807, 2.05) is 0 Å². The summed E-state index contributed by atoms with van der Waals surface area (Å²) in [7, 11) is 1.70. The predicted octanol–water partition coefficient (Wildman–Crippen LogP) is 3.36. The molecule has 0 fully saturated rings. The lowest BCUT2D eigenvalue weighted by Gasteiger charge is -2.06. The van der Waals surface area contributed by atoms with E-state index in [1.165, 1.54) is 12.3 Å². The Morgan fingerprint density at radius 2 is 2.18 bits per heavy atom. The maximum atomic E-state index is 7.86. The van der Waals surface area contributed by atoms with Gasteiger partial charge in [0.25, 0.3) is 0 Å². The second-order valence-corrected chi connectivity index (χ2v) is 4.07. The van der Waals surface area contributed by atoms with Crippen molar-refractivity contribution in [3.05, 3.63) is 53.2 Å². The molecule has 2 rings (SSSR count). The number of benzene rings is 1. The molecule has 1 heterocycles. The number of rotatable bonds is 2. The van der Waals surface area contributed by atoms with Gasteiger partial charge in [-0.3, -0.25) is 0 Å². The van der Waals surface area contributed by atoms with Gasteiger partial charge in [0.15, 0.2) is 6.20 Å². The summed E-state index contributed by atoms with van der Waals surface area (Å²) in [5.74, 6) is 0. The molecule has 0 atom stereocenters. The average molecular weight is 234 g/mol. The molecule has 0 radical (unpaired) electrons. The van der Waals surface area contributed by atoms with Gasteiger partial charge in [-0.05, 0) is 37.8 Å². The van der Waals surface area contributed by atoms with Crippen molar-refractivity contribution in [2.24, 2.45) is 7.05 Å². The third-order valence-corrected chi connectivity index (χ3v) is 2.78. The SMILES string of the molecule is [2H]C([2H])([2H])c1ccc(-c2ccc(C([2H])([2H])C([2H])([2H])[2H])c[n+]2C)c(C)c1. The molecule has 0 saturated carbocycles. The Balaban J connectivity index is 2.50. The van der Waals surface area contributed by atoms with Crippen LogP contribution in [0.15, 0.2) is 36.5 Å². The molecular weight excluding hydrogens is 206 g/mol. The summed E-state index contributed by atoms with van der Waals surface area (Å²) in [5, 5.41) is 0. The van der Waals surface area contributed by atoms with Crippen molar-refractivity contribution >= 4 is 0 Å². The lowest BCUT2D eigenvalue weighted by Crippen LogP contribution is -2.31. The number of aryl methyl sites for hydroxylation is 4. The zero-order valence-corrected chi connectivity index (χ0v) is 9.91. The Morgan fingerprint density at radius 1 is 1.29 bits per heavy atom. The van der Waals surface area contributed by atoms with Gasteiger partial charge in [0, 0.05) is 28.2 Å². The molecule has 1 nitrogen and oxygen atoms in total. The number of hydrogen-bond acceptors (Lipinski definition) is 0. The van der Waals surface area contributed by atoms with Crippen molar-refractivity contribution in [3.8, 4) is 11.3 Å². The fourth-order valence-corrected chi connectivity index (χ4v) is 1.91. The molecule has 1 aromatic heterocycles. The van der Waals surface area contributed by atoms with E-state index >= 15 is 0 Å². The summed E-state index contributed by atoms with van der Waals surface area (Å²) >= 11 is 0. The number of hydrogen-bond donors (Lipinski definition) is 0. The molecule has 2 aromatic rings. The van der Waals surface area contributed by atoms with Crippen LogP contribution in [0.3, 0.4) is 0 Å². The summed E-state index contributed by atoms with van der Waals surface area (Å²) in [6.07, 6.45) is -0.998. The highest BCUT2D eigenvalue weighted by Gasteiger charge is 2.12. The fourth-order valence-electron chi connectivity index (χ4n) is 1.91. The molecule has 0 saturated heterocycles. The fraction of sp³-hybridized carbons (Fsp3) is 0.312. The molecule has 0 bridgehead atoms. The molecule has 0 amide bonds. The molecule has 0 aliphatic rings. The minimum atomic E-state index is -2.77. The first kappa shape index (κ1) is 5.34. The van der Waals surface area contributed by atoms with E-state index < -0.39 is 20.1 Å². The Labute approximate surface area is 115 Å². The smallest absolute Gasteiger partial charge is 0.201 e. The van der Waals surface area contributed by atoms with E-state index in [0.29, 0.717) is 0 Å². The van der Waals surface area contributed by atoms with Crippen molar-refractivity contribution in [2.75, 3.05) is 0 Å². The summed E-state index contributed by atoms with van der Waals surface area (Å²) in [6.45, 7) is -3.13. The third-order valence-electron chi connectivity index (χ3n) is 2.78. The van der Waals surface area contributed by atoms with E-state index in [2.05, 4.69) is 0 Å². The van der Waals surface area contributed by atoms with Gasteiger partial charge in [-0.2, -0.15) is 0 Å². The highest BCUT2D eigenvalue weighted by atomic mass is 14.9. The highest BCUT2D eigenvalue weighted by molar-refractivity contribution is 5.61. The van der Waals surface area contributed by atoms with E-state index in [4.69, 9.17) is 11.0 Å². The zero-order chi connectivity index (χ0) is 19.2. The quantitative estimate of drug-likeness (QED) is 0.702. The Hall–Kier alpha value is -1.63. The van der Waals surface area contributed by atoms with Crippen molar-refractivity contribution < 1.29 is 15.5 Å². The monoisotopic (exact) mass is 234 g/mol. The topological polar surface area (TPSA) is 3.88 Å². The number of pyridine rings is 1. The first-order valence-electron chi connectivity index (χ1n) is 9.37. The van der Waals surface area contributed by atoms with Crippen LogP contribution in [0, 0.1) is 13.8 Å². The van der Waals surface area contributed by atoms with Crippen LogP contribution in [-0.4, -0.2) is 0 Å². The summed E-state index contributed by atoms with van der Waals surface area (Å²) < 4.78 is 61.9. The summed E-state index contributed by atoms with van der Waals surface area (Å²) in [5.41, 5.74) is 2.63. The van der Waals surface area contributed by atoms with E-state index in [1.54, 1.807) is 42.8 Å². The van der Waals surface area contributed by atoms with Gasteiger partial charge in [0.1, 0.15) is 7.05 Å². The van der Waals surface area contributed by atoms with Gasteiger partial charge in [0.05, 0.1) is 0 Å². The minimum absolute atomic E-state index is 0.0653. The van der Waals surface area contributed by atoms with E-state index in [9.17, 15) is 0 Å². The average Bonchev–Trinajstić information content (AvgIpc) is 2.45. The zero-order valence-electron chi connectivity index (χ0n) is 17.9. The van der Waals surface area contributed by atoms with E-state index in [-0.39, 0.29) is 11.1 Å². The van der Waals surface area contributed by atoms with Gasteiger partial charge in [-0.1, -0.05) is 24.5 Å². The first-order valence-corrected chi connectivity index (χ1v) is 5.37. The van der Waals surface area contributed by atoms with Crippen LogP contribution in [0.2, 0.25) is 0 Å². The Morgan fingerprint density at radius 3 is 2.82 bits per heavy atom. The van der Waals surface area contributed by atoms with Gasteiger partial charge < -0.3 is 0 Å². The Bertz CT molecular complexity index is 790. The van der Waals surface area contributed by atoms with E-state index in [0.717, 1.165) is 16.8 Å². The van der Waals surface area contributed by atoms with Crippen LogP contribution in [0.4, 0.5) is 0 Å². The van der Waals surface area contributed by atoms with Crippen molar-refractivity contribution in [3.63, 3.8) is 0 Å². The van der Waals surface area contributed by atoms with Crippen molar-refractivity contribution in [1.29, 1.82) is 0 Å². The molecule has 0 N–H and O–H groups in total. The molecule has 0 unspecified atom stereocenters. The van der Waals surface area contributed by atoms with Gasteiger partial charge in [-0.15, -0.1) is 0 Å². The van der Waals surface area contributed by atoms with Gasteiger partial charge in [-0.25, -0.2) is 4.57 Å². The highest BCUT2D eigenvalue weighted by Crippen LogP contribution is 2.21. The molecule has 1 aromatic carbocycles. The van der Waals surface area contributed by atoms with Crippen molar-refractivity contribution in [1.82, 2.24) is 0 Å². The maximum absolute atomic E-state index is 7.86. The summed E-state index contributed by atoms with van der Waals surface area (Å²) in [4.78, 5) is 0. The predicted molar refractivity (Wildman–Crippen MR) is 71.9 cm³/mol. The van der Waals surface area contributed by atoms with Gasteiger partial charge >= 0.3 is 0 Å². The van der Waals surface area contributed by atoms with Crippen LogP contribution >= 0.6 is 0 Å². The molecule has 1 heteroatoms. The maximum Gasteiger partial charge on any atom is 0.212 e. The number of nitrogens with zero attached hydrogens (tertiary/aromatic N) is 1. The molecule has 0 aliphatic heterocycles. The van der Waals surface area contributed by atoms with Crippen molar-refractivity contribution in [2.45, 2.75) is 27.0 Å². The number of aromatic nitrogens is 1. The van der Waals surface area contributed by atoms with Crippen LogP contribution < -0.4 is 4.57 Å². The molecule has 0 spiro atoms.